The molecule has 4 bridgehead atoms. The first-order valence-corrected chi connectivity index (χ1v) is 13.7. The highest BCUT2D eigenvalue weighted by atomic mass is 32.1. The van der Waals surface area contributed by atoms with Gasteiger partial charge < -0.3 is 25.0 Å². The molecule has 11 heteroatoms. The van der Waals surface area contributed by atoms with Crippen molar-refractivity contribution in [2.45, 2.75) is 25.9 Å². The Morgan fingerprint density at radius 2 is 2.08 bits per heavy atom. The van der Waals surface area contributed by atoms with Crippen molar-refractivity contribution < 1.29 is 19.1 Å². The maximum absolute atomic E-state index is 13.3. The van der Waals surface area contributed by atoms with Gasteiger partial charge in [-0.3, -0.25) is 14.2 Å². The summed E-state index contributed by atoms with van der Waals surface area (Å²) in [7, 11) is 1.55. The van der Waals surface area contributed by atoms with E-state index in [2.05, 4.69) is 20.5 Å². The standard InChI is InChI=1S/C28H28N6O4S/c1-37-23-5-4-19-13-24(23)38-16-25(35)30-14-18-10-20(12-22(11-18)34-9-6-29-26(19)34)27(36)31-15-21-17-39-28(32-21)33-7-2-3-8-33/h4-6,9-13,17H,2-3,7-8,14-16H2,1H3,(H,30,35)(H,31,36). The number of ether oxygens (including phenoxy) is 2. The van der Waals surface area contributed by atoms with E-state index in [-0.39, 0.29) is 25.0 Å². The van der Waals surface area contributed by atoms with Gasteiger partial charge in [0.15, 0.2) is 23.2 Å². The van der Waals surface area contributed by atoms with Gasteiger partial charge in [-0.15, -0.1) is 11.3 Å². The summed E-state index contributed by atoms with van der Waals surface area (Å²) in [5, 5.41) is 8.88. The van der Waals surface area contributed by atoms with Crippen molar-refractivity contribution in [1.29, 1.82) is 0 Å². The summed E-state index contributed by atoms with van der Waals surface area (Å²) in [5.74, 6) is 1.13. The molecule has 2 aromatic carbocycles. The highest BCUT2D eigenvalue weighted by molar-refractivity contribution is 7.13. The lowest BCUT2D eigenvalue weighted by atomic mass is 10.1. The monoisotopic (exact) mass is 544 g/mol. The Kier molecular flexibility index (Phi) is 6.89. The van der Waals surface area contributed by atoms with E-state index in [1.54, 1.807) is 42.8 Å². The molecular formula is C28H28N6O4S. The molecule has 2 aliphatic rings. The van der Waals surface area contributed by atoms with Crippen LogP contribution in [0.2, 0.25) is 0 Å². The number of anilines is 1. The number of rotatable bonds is 5. The van der Waals surface area contributed by atoms with Crippen LogP contribution < -0.4 is 25.0 Å². The van der Waals surface area contributed by atoms with Gasteiger partial charge in [0.25, 0.3) is 11.8 Å². The Labute approximate surface area is 229 Å². The number of carbonyl (C=O) groups is 2. The molecular weight excluding hydrogens is 516 g/mol. The molecule has 2 N–H and O–H groups in total. The number of hydrogen-bond donors (Lipinski definition) is 2. The summed E-state index contributed by atoms with van der Waals surface area (Å²) < 4.78 is 13.1. The van der Waals surface area contributed by atoms with Crippen molar-refractivity contribution in [3.63, 3.8) is 0 Å². The van der Waals surface area contributed by atoms with Crippen molar-refractivity contribution in [3.05, 3.63) is 71.0 Å². The molecule has 200 valence electrons. The molecule has 4 aromatic rings. The number of methoxy groups -OCH3 is 1. The van der Waals surface area contributed by atoms with Crippen molar-refractivity contribution in [2.75, 3.05) is 31.7 Å². The topological polar surface area (TPSA) is 111 Å². The zero-order valence-corrected chi connectivity index (χ0v) is 22.3. The van der Waals surface area contributed by atoms with E-state index in [4.69, 9.17) is 14.5 Å². The number of nitrogens with one attached hydrogen (secondary N) is 2. The van der Waals surface area contributed by atoms with Crippen LogP contribution >= 0.6 is 11.3 Å². The zero-order valence-electron chi connectivity index (χ0n) is 21.5. The van der Waals surface area contributed by atoms with Crippen LogP contribution in [-0.2, 0) is 17.9 Å². The van der Waals surface area contributed by atoms with Gasteiger partial charge in [0.2, 0.25) is 0 Å². The molecule has 2 aromatic heterocycles. The summed E-state index contributed by atoms with van der Waals surface area (Å²) in [6, 6.07) is 11.0. The van der Waals surface area contributed by atoms with Gasteiger partial charge in [0.05, 0.1) is 19.3 Å². The van der Waals surface area contributed by atoms with E-state index in [0.29, 0.717) is 29.4 Å². The first-order valence-electron chi connectivity index (χ1n) is 12.8. The maximum Gasteiger partial charge on any atom is 0.258 e. The fraction of sp³-hybridized carbons (Fsp3) is 0.286. The number of imidazole rings is 1. The SMILES string of the molecule is COc1ccc2cc1OCC(=O)NCc1cc(C(=O)NCc3csc(N4CCCC4)n3)cc(c1)-n1ccnc1-2. The number of thiazole rings is 1. The van der Waals surface area contributed by atoms with Crippen LogP contribution in [0.1, 0.15) is 34.5 Å². The fourth-order valence-corrected chi connectivity index (χ4v) is 5.68. The molecule has 39 heavy (non-hydrogen) atoms. The smallest absolute Gasteiger partial charge is 0.258 e. The molecule has 1 saturated heterocycles. The zero-order chi connectivity index (χ0) is 26.8. The second-order valence-corrected chi connectivity index (χ2v) is 10.3. The van der Waals surface area contributed by atoms with Crippen molar-refractivity contribution >= 4 is 28.3 Å². The number of aromatic nitrogens is 3. The number of amides is 2. The van der Waals surface area contributed by atoms with Gasteiger partial charge in [-0.05, 0) is 54.8 Å². The number of carbonyl (C=O) groups excluding carboxylic acids is 2. The molecule has 2 aliphatic heterocycles. The van der Waals surface area contributed by atoms with Gasteiger partial charge in [0.1, 0.15) is 5.82 Å². The molecule has 0 radical (unpaired) electrons. The molecule has 0 spiro atoms. The fourth-order valence-electron chi connectivity index (χ4n) is 4.80. The molecule has 0 atom stereocenters. The second-order valence-electron chi connectivity index (χ2n) is 9.44. The Balaban J connectivity index is 1.30. The van der Waals surface area contributed by atoms with Gasteiger partial charge in [0, 0.05) is 54.2 Å². The van der Waals surface area contributed by atoms with Crippen LogP contribution in [0.5, 0.6) is 11.5 Å². The molecule has 2 amide bonds. The summed E-state index contributed by atoms with van der Waals surface area (Å²) in [6.45, 7) is 2.47. The van der Waals surface area contributed by atoms with Crippen LogP contribution in [0, 0.1) is 0 Å². The molecule has 10 nitrogen and oxygen atoms in total. The van der Waals surface area contributed by atoms with Gasteiger partial charge in [-0.25, -0.2) is 9.97 Å². The van der Waals surface area contributed by atoms with Gasteiger partial charge >= 0.3 is 0 Å². The van der Waals surface area contributed by atoms with Crippen LogP contribution in [-0.4, -0.2) is 53.2 Å². The van der Waals surface area contributed by atoms with Crippen LogP contribution in [0.25, 0.3) is 17.1 Å². The lowest BCUT2D eigenvalue weighted by Gasteiger charge is -2.14. The summed E-state index contributed by atoms with van der Waals surface area (Å²) in [5.41, 5.74) is 3.63. The molecule has 6 rings (SSSR count). The predicted molar refractivity (Wildman–Crippen MR) is 148 cm³/mol. The highest BCUT2D eigenvalue weighted by Gasteiger charge is 2.19. The number of fused-ring (bicyclic) bond motifs is 7. The number of hydrogen-bond acceptors (Lipinski definition) is 8. The third-order valence-electron chi connectivity index (χ3n) is 6.78. The first kappa shape index (κ1) is 24.9. The summed E-state index contributed by atoms with van der Waals surface area (Å²) in [4.78, 5) is 37.4. The van der Waals surface area contributed by atoms with Crippen LogP contribution in [0.4, 0.5) is 5.13 Å². The van der Waals surface area contributed by atoms with Crippen molar-refractivity contribution in [3.8, 4) is 28.6 Å². The van der Waals surface area contributed by atoms with E-state index in [1.165, 1.54) is 12.8 Å². The molecule has 0 saturated carbocycles. The number of nitrogens with zero attached hydrogens (tertiary/aromatic N) is 4. The average molecular weight is 545 g/mol. The minimum absolute atomic E-state index is 0.172. The largest absolute Gasteiger partial charge is 0.493 e. The maximum atomic E-state index is 13.3. The Morgan fingerprint density at radius 3 is 2.92 bits per heavy atom. The van der Waals surface area contributed by atoms with E-state index in [1.807, 2.05) is 34.3 Å². The molecule has 0 unspecified atom stereocenters. The lowest BCUT2D eigenvalue weighted by molar-refractivity contribution is -0.123. The van der Waals surface area contributed by atoms with Gasteiger partial charge in [-0.1, -0.05) is 0 Å². The molecule has 0 aliphatic carbocycles. The third-order valence-corrected chi connectivity index (χ3v) is 7.73. The normalized spacial score (nSPS) is 14.8. The first-order chi connectivity index (χ1) is 19.1. The van der Waals surface area contributed by atoms with Crippen LogP contribution in [0.15, 0.2) is 54.2 Å². The van der Waals surface area contributed by atoms with Crippen molar-refractivity contribution in [1.82, 2.24) is 25.2 Å². The minimum Gasteiger partial charge on any atom is -0.493 e. The summed E-state index contributed by atoms with van der Waals surface area (Å²) >= 11 is 1.61. The van der Waals surface area contributed by atoms with Crippen molar-refractivity contribution in [2.24, 2.45) is 0 Å². The summed E-state index contributed by atoms with van der Waals surface area (Å²) in [6.07, 6.45) is 5.93. The Hall–Kier alpha value is -4.38. The Bertz CT molecular complexity index is 1520. The highest BCUT2D eigenvalue weighted by Crippen LogP contribution is 2.33. The van der Waals surface area contributed by atoms with E-state index in [0.717, 1.165) is 40.7 Å². The van der Waals surface area contributed by atoms with E-state index < -0.39 is 0 Å². The second kappa shape index (κ2) is 10.8. The van der Waals surface area contributed by atoms with E-state index >= 15 is 0 Å². The quantitative estimate of drug-likeness (QED) is 0.395. The Morgan fingerprint density at radius 1 is 1.21 bits per heavy atom. The lowest BCUT2D eigenvalue weighted by Crippen LogP contribution is -2.29. The third kappa shape index (κ3) is 5.30. The van der Waals surface area contributed by atoms with Crippen LogP contribution in [0.3, 0.4) is 0 Å². The molecule has 1 fully saturated rings. The van der Waals surface area contributed by atoms with Gasteiger partial charge in [-0.2, -0.15) is 0 Å². The predicted octanol–water partition coefficient (Wildman–Crippen LogP) is 3.54. The average Bonchev–Trinajstić information content (AvgIpc) is 3.74. The molecule has 4 heterocycles. The minimum atomic E-state index is -0.284. The van der Waals surface area contributed by atoms with E-state index in [9.17, 15) is 9.59 Å². The number of benzene rings is 2.